The summed E-state index contributed by atoms with van der Waals surface area (Å²) in [6.45, 7) is 0. The highest BCUT2D eigenvalue weighted by Crippen LogP contribution is 2.22. The van der Waals surface area contributed by atoms with Gasteiger partial charge in [0.25, 0.3) is 11.8 Å². The number of amides is 2. The predicted octanol–water partition coefficient (Wildman–Crippen LogP) is 5.15. The quantitative estimate of drug-likeness (QED) is 0.434. The number of hydrogen-bond acceptors (Lipinski definition) is 3. The molecular formula is C21H14Cl2FN3O2. The van der Waals surface area contributed by atoms with Gasteiger partial charge in [-0.15, -0.1) is 0 Å². The molecule has 8 heteroatoms. The fourth-order valence-electron chi connectivity index (χ4n) is 2.40. The van der Waals surface area contributed by atoms with Gasteiger partial charge in [-0.2, -0.15) is 5.10 Å². The zero-order valence-electron chi connectivity index (χ0n) is 14.8. The largest absolute Gasteiger partial charge is 0.322 e. The Kier molecular flexibility index (Phi) is 6.59. The maximum Gasteiger partial charge on any atom is 0.271 e. The third kappa shape index (κ3) is 5.40. The summed E-state index contributed by atoms with van der Waals surface area (Å²) in [4.78, 5) is 24.5. The van der Waals surface area contributed by atoms with Crippen LogP contribution in [0.25, 0.3) is 0 Å². The highest BCUT2D eigenvalue weighted by molar-refractivity contribution is 6.38. The van der Waals surface area contributed by atoms with Gasteiger partial charge in [0.15, 0.2) is 0 Å². The van der Waals surface area contributed by atoms with Crippen molar-refractivity contribution < 1.29 is 14.0 Å². The molecule has 0 aliphatic heterocycles. The van der Waals surface area contributed by atoms with E-state index >= 15 is 0 Å². The van der Waals surface area contributed by atoms with E-state index in [1.165, 1.54) is 36.5 Å². The van der Waals surface area contributed by atoms with E-state index in [4.69, 9.17) is 23.2 Å². The van der Waals surface area contributed by atoms with Crippen LogP contribution in [0.3, 0.4) is 0 Å². The predicted molar refractivity (Wildman–Crippen MR) is 112 cm³/mol. The molecule has 0 saturated heterocycles. The number of hydrogen-bond donors (Lipinski definition) is 2. The second kappa shape index (κ2) is 9.32. The first-order valence-electron chi connectivity index (χ1n) is 8.38. The highest BCUT2D eigenvalue weighted by atomic mass is 35.5. The smallest absolute Gasteiger partial charge is 0.271 e. The molecule has 0 atom stereocenters. The monoisotopic (exact) mass is 429 g/mol. The molecule has 0 aliphatic carbocycles. The minimum Gasteiger partial charge on any atom is -0.322 e. The van der Waals surface area contributed by atoms with Crippen LogP contribution in [0.15, 0.2) is 71.8 Å². The molecule has 5 nitrogen and oxygen atoms in total. The molecule has 2 amide bonds. The molecule has 0 saturated carbocycles. The lowest BCUT2D eigenvalue weighted by Crippen LogP contribution is -2.18. The Balaban J connectivity index is 1.67. The van der Waals surface area contributed by atoms with Crippen LogP contribution in [0, 0.1) is 5.82 Å². The molecule has 0 heterocycles. The molecule has 0 aliphatic rings. The van der Waals surface area contributed by atoms with Gasteiger partial charge < -0.3 is 5.32 Å². The molecule has 0 aromatic heterocycles. The number of carbonyl (C=O) groups excluding carboxylic acids is 2. The SMILES string of the molecule is O=C(N/N=C\c1c(Cl)cccc1Cl)c1cccc(NC(=O)c2ccc(F)cc2)c1. The number of carbonyl (C=O) groups is 2. The number of nitrogens with one attached hydrogen (secondary N) is 2. The van der Waals surface area contributed by atoms with Crippen molar-refractivity contribution in [3.05, 3.63) is 99.3 Å². The van der Waals surface area contributed by atoms with Gasteiger partial charge in [-0.25, -0.2) is 9.82 Å². The summed E-state index contributed by atoms with van der Waals surface area (Å²) in [7, 11) is 0. The van der Waals surface area contributed by atoms with Gasteiger partial charge in [-0.05, 0) is 54.6 Å². The summed E-state index contributed by atoms with van der Waals surface area (Å²) in [5, 5.41) is 7.33. The van der Waals surface area contributed by atoms with E-state index in [9.17, 15) is 14.0 Å². The van der Waals surface area contributed by atoms with Crippen LogP contribution in [0.1, 0.15) is 26.3 Å². The van der Waals surface area contributed by atoms with Gasteiger partial charge in [0.05, 0.1) is 16.3 Å². The third-order valence-corrected chi connectivity index (χ3v) is 4.51. The van der Waals surface area contributed by atoms with Crippen molar-refractivity contribution in [2.24, 2.45) is 5.10 Å². The summed E-state index contributed by atoms with van der Waals surface area (Å²) in [5.41, 5.74) is 3.85. The first kappa shape index (κ1) is 20.5. The maximum atomic E-state index is 13.0. The molecule has 2 N–H and O–H groups in total. The van der Waals surface area contributed by atoms with Crippen LogP contribution >= 0.6 is 23.2 Å². The van der Waals surface area contributed by atoms with Gasteiger partial charge in [-0.1, -0.05) is 35.3 Å². The lowest BCUT2D eigenvalue weighted by molar-refractivity contribution is 0.0953. The van der Waals surface area contributed by atoms with Crippen molar-refractivity contribution in [2.75, 3.05) is 5.32 Å². The molecule has 146 valence electrons. The zero-order valence-corrected chi connectivity index (χ0v) is 16.3. The van der Waals surface area contributed by atoms with Gasteiger partial charge in [0.1, 0.15) is 5.82 Å². The molecule has 3 aromatic carbocycles. The average Bonchev–Trinajstić information content (AvgIpc) is 2.70. The first-order chi connectivity index (χ1) is 13.9. The van der Waals surface area contributed by atoms with Crippen molar-refractivity contribution in [3.8, 4) is 0 Å². The molecular weight excluding hydrogens is 416 g/mol. The molecule has 0 fully saturated rings. The van der Waals surface area contributed by atoms with Crippen molar-refractivity contribution in [1.29, 1.82) is 0 Å². The minimum atomic E-state index is -0.484. The lowest BCUT2D eigenvalue weighted by Gasteiger charge is -2.07. The second-order valence-corrected chi connectivity index (χ2v) is 6.69. The fraction of sp³-hybridized carbons (Fsp3) is 0. The summed E-state index contributed by atoms with van der Waals surface area (Å²) in [5.74, 6) is -1.34. The summed E-state index contributed by atoms with van der Waals surface area (Å²) >= 11 is 12.1. The molecule has 0 spiro atoms. The van der Waals surface area contributed by atoms with Gasteiger partial charge >= 0.3 is 0 Å². The molecule has 0 unspecified atom stereocenters. The molecule has 3 aromatic rings. The topological polar surface area (TPSA) is 70.6 Å². The van der Waals surface area contributed by atoms with Gasteiger partial charge in [-0.3, -0.25) is 9.59 Å². The lowest BCUT2D eigenvalue weighted by atomic mass is 10.1. The van der Waals surface area contributed by atoms with Crippen molar-refractivity contribution >= 4 is 46.9 Å². The fourth-order valence-corrected chi connectivity index (χ4v) is 2.89. The number of hydrazone groups is 1. The van der Waals surface area contributed by atoms with E-state index in [1.54, 1.807) is 36.4 Å². The standard InChI is InChI=1S/C21H14Cl2FN3O2/c22-18-5-2-6-19(23)17(18)12-25-27-21(29)14-3-1-4-16(11-14)26-20(28)13-7-9-15(24)10-8-13/h1-12H,(H,26,28)(H,27,29)/b25-12-. The van der Waals surface area contributed by atoms with Crippen LogP contribution in [0.4, 0.5) is 10.1 Å². The van der Waals surface area contributed by atoms with Crippen LogP contribution in [-0.4, -0.2) is 18.0 Å². The average molecular weight is 430 g/mol. The molecule has 0 bridgehead atoms. The van der Waals surface area contributed by atoms with E-state index < -0.39 is 17.6 Å². The Hall–Kier alpha value is -3.22. The van der Waals surface area contributed by atoms with Crippen molar-refractivity contribution in [2.45, 2.75) is 0 Å². The Morgan fingerprint density at radius 1 is 0.862 bits per heavy atom. The van der Waals surface area contributed by atoms with Crippen molar-refractivity contribution in [3.63, 3.8) is 0 Å². The van der Waals surface area contributed by atoms with Crippen LogP contribution in [-0.2, 0) is 0 Å². The Bertz CT molecular complexity index is 1070. The molecule has 3 rings (SSSR count). The number of anilines is 1. The van der Waals surface area contributed by atoms with Crippen LogP contribution in [0.2, 0.25) is 10.0 Å². The summed E-state index contributed by atoms with van der Waals surface area (Å²) in [6.07, 6.45) is 1.35. The minimum absolute atomic E-state index is 0.282. The summed E-state index contributed by atoms with van der Waals surface area (Å²) in [6, 6.07) is 16.5. The number of halogens is 3. The molecule has 29 heavy (non-hydrogen) atoms. The van der Waals surface area contributed by atoms with E-state index in [-0.39, 0.29) is 5.56 Å². The van der Waals surface area contributed by atoms with Gasteiger partial charge in [0.2, 0.25) is 0 Å². The first-order valence-corrected chi connectivity index (χ1v) is 9.14. The number of nitrogens with zero attached hydrogens (tertiary/aromatic N) is 1. The maximum absolute atomic E-state index is 13.0. The van der Waals surface area contributed by atoms with Gasteiger partial charge in [0, 0.05) is 22.4 Å². The van der Waals surface area contributed by atoms with Crippen LogP contribution < -0.4 is 10.7 Å². The number of rotatable bonds is 5. The molecule has 0 radical (unpaired) electrons. The Morgan fingerprint density at radius 2 is 1.52 bits per heavy atom. The van der Waals surface area contributed by atoms with E-state index in [0.29, 0.717) is 26.9 Å². The normalized spacial score (nSPS) is 10.7. The Morgan fingerprint density at radius 3 is 2.21 bits per heavy atom. The second-order valence-electron chi connectivity index (χ2n) is 5.88. The van der Waals surface area contributed by atoms with Crippen molar-refractivity contribution in [1.82, 2.24) is 5.43 Å². The van der Waals surface area contributed by atoms with E-state index in [2.05, 4.69) is 15.8 Å². The number of benzene rings is 3. The Labute approximate surface area is 176 Å². The third-order valence-electron chi connectivity index (χ3n) is 3.85. The van der Waals surface area contributed by atoms with E-state index in [0.717, 1.165) is 0 Å². The summed E-state index contributed by atoms with van der Waals surface area (Å²) < 4.78 is 13.0. The highest BCUT2D eigenvalue weighted by Gasteiger charge is 2.09. The van der Waals surface area contributed by atoms with Crippen LogP contribution in [0.5, 0.6) is 0 Å². The zero-order chi connectivity index (χ0) is 20.8. The van der Waals surface area contributed by atoms with E-state index in [1.807, 2.05) is 0 Å².